The van der Waals surface area contributed by atoms with E-state index in [2.05, 4.69) is 167 Å². The highest BCUT2D eigenvalue weighted by Gasteiger charge is 2.19. The first kappa shape index (κ1) is 74.3. The van der Waals surface area contributed by atoms with Crippen molar-refractivity contribution in [3.8, 4) is 0 Å². The number of hydrogen-bond acceptors (Lipinski definition) is 6. The second-order valence-corrected chi connectivity index (χ2v) is 20.9. The fourth-order valence-corrected chi connectivity index (χ4v) is 8.47. The molecule has 446 valence electrons. The molecule has 0 fully saturated rings. The minimum absolute atomic E-state index is 0.0951. The van der Waals surface area contributed by atoms with Crippen LogP contribution in [0.2, 0.25) is 0 Å². The van der Waals surface area contributed by atoms with E-state index in [9.17, 15) is 14.4 Å². The van der Waals surface area contributed by atoms with Crippen molar-refractivity contribution in [2.45, 2.75) is 284 Å². The van der Waals surface area contributed by atoms with Crippen LogP contribution in [0.5, 0.6) is 0 Å². The molecule has 0 aliphatic rings. The Morgan fingerprint density at radius 2 is 0.519 bits per heavy atom. The minimum Gasteiger partial charge on any atom is -0.462 e. The van der Waals surface area contributed by atoms with Crippen molar-refractivity contribution in [2.75, 3.05) is 13.2 Å². The summed E-state index contributed by atoms with van der Waals surface area (Å²) in [7, 11) is 0. The summed E-state index contributed by atoms with van der Waals surface area (Å²) in [6.07, 6.45) is 94.3. The summed E-state index contributed by atoms with van der Waals surface area (Å²) in [4.78, 5) is 38.2. The molecule has 1 atom stereocenters. The van der Waals surface area contributed by atoms with E-state index >= 15 is 0 Å². The normalized spacial score (nSPS) is 13.1. The first-order chi connectivity index (χ1) is 39.0. The molecule has 0 aliphatic carbocycles. The number of rotatable bonds is 57. The summed E-state index contributed by atoms with van der Waals surface area (Å²) in [6.45, 7) is 6.41. The zero-order valence-corrected chi connectivity index (χ0v) is 51.1. The van der Waals surface area contributed by atoms with Crippen molar-refractivity contribution in [1.82, 2.24) is 0 Å². The molecule has 0 aliphatic heterocycles. The number of unbranched alkanes of at least 4 members (excludes halogenated alkanes) is 22. The van der Waals surface area contributed by atoms with Gasteiger partial charge >= 0.3 is 17.9 Å². The Bertz CT molecular complexity index is 1730. The van der Waals surface area contributed by atoms with Gasteiger partial charge in [-0.25, -0.2) is 0 Å². The second-order valence-electron chi connectivity index (χ2n) is 20.9. The molecular weight excluding hydrogens is 973 g/mol. The van der Waals surface area contributed by atoms with Gasteiger partial charge in [0.2, 0.25) is 0 Å². The van der Waals surface area contributed by atoms with Gasteiger partial charge < -0.3 is 14.2 Å². The van der Waals surface area contributed by atoms with E-state index in [0.29, 0.717) is 19.3 Å². The third-order valence-corrected chi connectivity index (χ3v) is 13.3. The molecular formula is C73H118O6. The van der Waals surface area contributed by atoms with E-state index in [0.717, 1.165) is 167 Å². The molecule has 0 spiro atoms. The summed E-state index contributed by atoms with van der Waals surface area (Å²) in [5, 5.41) is 0. The Labute approximate surface area is 487 Å². The van der Waals surface area contributed by atoms with Gasteiger partial charge in [0.1, 0.15) is 13.2 Å². The number of carbonyl (C=O) groups is 3. The topological polar surface area (TPSA) is 78.9 Å². The molecule has 6 heteroatoms. The number of hydrogen-bond donors (Lipinski definition) is 0. The van der Waals surface area contributed by atoms with E-state index < -0.39 is 6.10 Å². The zero-order valence-electron chi connectivity index (χ0n) is 51.1. The summed E-state index contributed by atoms with van der Waals surface area (Å²) >= 11 is 0. The predicted molar refractivity (Wildman–Crippen MR) is 343 cm³/mol. The number of carbonyl (C=O) groups excluding carboxylic acids is 3. The standard InChI is InChI=1S/C73H118O6/c1-4-7-10-13-16-19-22-24-26-28-29-30-31-32-33-34-35-36-37-38-39-40-41-42-43-44-45-46-48-49-51-54-57-60-63-66-72(75)78-69-70(68-77-71(74)65-62-59-56-53-21-18-15-12-9-6-3)79-73(76)67-64-61-58-55-52-50-47-27-25-23-20-17-14-11-8-5-2/h7,10,12,15-16,19-20,23-24,26-27,29-30,32-33,35-36,38-39,41-42,44-45,47,70H,4-6,8-9,11,13-14,17-18,21-22,25,28,31,34,37,40,43,46,48-69H2,1-3H3/b10-7-,15-12-,19-16-,23-20-,26-24-,30-29-,33-32-,36-35-,39-38-,42-41-,45-44-,47-27-. The van der Waals surface area contributed by atoms with Gasteiger partial charge in [0.05, 0.1) is 0 Å². The average Bonchev–Trinajstić information content (AvgIpc) is 3.45. The van der Waals surface area contributed by atoms with Crippen molar-refractivity contribution >= 4 is 17.9 Å². The lowest BCUT2D eigenvalue weighted by Gasteiger charge is -2.18. The molecule has 0 saturated carbocycles. The van der Waals surface area contributed by atoms with E-state index in [1.165, 1.54) is 70.6 Å². The van der Waals surface area contributed by atoms with E-state index in [4.69, 9.17) is 14.2 Å². The van der Waals surface area contributed by atoms with Crippen molar-refractivity contribution in [1.29, 1.82) is 0 Å². The van der Waals surface area contributed by atoms with Crippen LogP contribution >= 0.6 is 0 Å². The van der Waals surface area contributed by atoms with Crippen molar-refractivity contribution in [2.24, 2.45) is 0 Å². The molecule has 0 aromatic rings. The van der Waals surface area contributed by atoms with Crippen LogP contribution in [-0.2, 0) is 28.6 Å². The van der Waals surface area contributed by atoms with Crippen molar-refractivity contribution in [3.05, 3.63) is 146 Å². The van der Waals surface area contributed by atoms with E-state index in [1.54, 1.807) is 0 Å². The van der Waals surface area contributed by atoms with Crippen LogP contribution in [0, 0.1) is 0 Å². The van der Waals surface area contributed by atoms with Gasteiger partial charge in [0.15, 0.2) is 6.10 Å². The fraction of sp³-hybridized carbons (Fsp3) is 0.630. The molecule has 0 radical (unpaired) electrons. The lowest BCUT2D eigenvalue weighted by Crippen LogP contribution is -2.30. The van der Waals surface area contributed by atoms with Gasteiger partial charge in [-0.2, -0.15) is 0 Å². The third kappa shape index (κ3) is 64.0. The average molecular weight is 1090 g/mol. The molecule has 6 nitrogen and oxygen atoms in total. The monoisotopic (exact) mass is 1090 g/mol. The Balaban J connectivity index is 4.24. The van der Waals surface area contributed by atoms with Gasteiger partial charge in [-0.15, -0.1) is 0 Å². The smallest absolute Gasteiger partial charge is 0.306 e. The molecule has 0 saturated heterocycles. The van der Waals surface area contributed by atoms with E-state index in [-0.39, 0.29) is 31.1 Å². The van der Waals surface area contributed by atoms with Crippen molar-refractivity contribution in [3.63, 3.8) is 0 Å². The number of ether oxygens (including phenoxy) is 3. The molecule has 0 amide bonds. The van der Waals surface area contributed by atoms with Gasteiger partial charge in [-0.3, -0.25) is 14.4 Å². The Hall–Kier alpha value is -4.71. The summed E-state index contributed by atoms with van der Waals surface area (Å²) in [5.74, 6) is -0.932. The Kier molecular flexibility index (Phi) is 61.9. The maximum absolute atomic E-state index is 12.9. The largest absolute Gasteiger partial charge is 0.462 e. The summed E-state index contributed by atoms with van der Waals surface area (Å²) in [6, 6.07) is 0. The number of allylic oxidation sites excluding steroid dienone is 24. The van der Waals surface area contributed by atoms with Gasteiger partial charge in [0, 0.05) is 19.3 Å². The quantitative estimate of drug-likeness (QED) is 0.0261. The summed E-state index contributed by atoms with van der Waals surface area (Å²) in [5.41, 5.74) is 0. The third-order valence-electron chi connectivity index (χ3n) is 13.3. The van der Waals surface area contributed by atoms with Crippen LogP contribution in [0.4, 0.5) is 0 Å². The van der Waals surface area contributed by atoms with Crippen LogP contribution in [0.15, 0.2) is 146 Å². The van der Waals surface area contributed by atoms with Crippen LogP contribution < -0.4 is 0 Å². The minimum atomic E-state index is -0.798. The summed E-state index contributed by atoms with van der Waals surface area (Å²) < 4.78 is 16.8. The highest BCUT2D eigenvalue weighted by Crippen LogP contribution is 2.14. The van der Waals surface area contributed by atoms with Crippen LogP contribution in [0.3, 0.4) is 0 Å². The first-order valence-electron chi connectivity index (χ1n) is 32.3. The van der Waals surface area contributed by atoms with E-state index in [1.807, 2.05) is 0 Å². The lowest BCUT2D eigenvalue weighted by molar-refractivity contribution is -0.167. The SMILES string of the molecule is CC/C=C\C/C=C\C/C=C\C/C=C\C/C=C\C/C=C\C/C=C\C/C=C\C/C=C\CCCCCCCCCC(=O)OCC(COC(=O)CCCCCCC/C=C\CCC)OC(=O)CCCCCCC/C=C\C/C=C\CCCCCC. The second kappa shape index (κ2) is 65.8. The van der Waals surface area contributed by atoms with Crippen LogP contribution in [0.25, 0.3) is 0 Å². The lowest BCUT2D eigenvalue weighted by atomic mass is 10.1. The fourth-order valence-electron chi connectivity index (χ4n) is 8.47. The molecule has 0 aromatic carbocycles. The molecule has 0 aromatic heterocycles. The number of esters is 3. The van der Waals surface area contributed by atoms with Gasteiger partial charge in [-0.05, 0) is 141 Å². The zero-order chi connectivity index (χ0) is 57.1. The van der Waals surface area contributed by atoms with Crippen LogP contribution in [-0.4, -0.2) is 37.2 Å². The Morgan fingerprint density at radius 1 is 0.266 bits per heavy atom. The molecule has 0 bridgehead atoms. The van der Waals surface area contributed by atoms with Crippen molar-refractivity contribution < 1.29 is 28.6 Å². The maximum atomic E-state index is 12.9. The molecule has 0 N–H and O–H groups in total. The highest BCUT2D eigenvalue weighted by molar-refractivity contribution is 5.71. The Morgan fingerprint density at radius 3 is 0.835 bits per heavy atom. The van der Waals surface area contributed by atoms with Crippen LogP contribution in [0.1, 0.15) is 278 Å². The first-order valence-corrected chi connectivity index (χ1v) is 32.3. The molecule has 0 rings (SSSR count). The predicted octanol–water partition coefficient (Wildman–Crippen LogP) is 22.3. The van der Waals surface area contributed by atoms with Gasteiger partial charge in [0.25, 0.3) is 0 Å². The molecule has 0 heterocycles. The molecule has 1 unspecified atom stereocenters. The molecule has 79 heavy (non-hydrogen) atoms. The van der Waals surface area contributed by atoms with Gasteiger partial charge in [-0.1, -0.05) is 263 Å². The maximum Gasteiger partial charge on any atom is 0.306 e. The highest BCUT2D eigenvalue weighted by atomic mass is 16.6.